The van der Waals surface area contributed by atoms with Crippen molar-refractivity contribution in [3.8, 4) is 39.3 Å². The number of benzene rings is 7. The highest BCUT2D eigenvalue weighted by Gasteiger charge is 2.49. The first-order valence-corrected chi connectivity index (χ1v) is 18.9. The van der Waals surface area contributed by atoms with Crippen molar-refractivity contribution in [1.29, 1.82) is 0 Å². The fraction of sp³-hybridized carbons (Fsp3) is 0. The van der Waals surface area contributed by atoms with Crippen LogP contribution in [0.5, 0.6) is 0 Å². The summed E-state index contributed by atoms with van der Waals surface area (Å²) in [7, 11) is -3.08. The number of hydrogen-bond donors (Lipinski definition) is 0. The van der Waals surface area contributed by atoms with E-state index in [4.69, 9.17) is 0 Å². The third-order valence-corrected chi connectivity index (χ3v) is 15.0. The lowest BCUT2D eigenvalue weighted by atomic mass is 9.96. The number of hydrogen-bond acceptors (Lipinski definition) is 0. The van der Waals surface area contributed by atoms with E-state index >= 15 is 0 Å². The molecule has 7 aromatic carbocycles. The SMILES string of the molecule is c1ccc(-c2c3n(c4ccccc24)-c2ccccc2[Si](c2ccccc2)(c2ccccc2)n2c-3c(-c3ccccc3)c3ccccc32)cc1. The van der Waals surface area contributed by atoms with Crippen LogP contribution in [0.1, 0.15) is 0 Å². The summed E-state index contributed by atoms with van der Waals surface area (Å²) in [5, 5.41) is 6.59. The lowest BCUT2D eigenvalue weighted by Crippen LogP contribution is -2.72. The zero-order valence-electron chi connectivity index (χ0n) is 26.9. The Morgan fingerprint density at radius 2 is 0.776 bits per heavy atom. The van der Waals surface area contributed by atoms with Gasteiger partial charge in [-0.15, -0.1) is 0 Å². The molecule has 0 amide bonds. The zero-order valence-corrected chi connectivity index (χ0v) is 27.9. The number of rotatable bonds is 4. The molecule has 0 atom stereocenters. The number of nitrogens with zero attached hydrogens (tertiary/aromatic N) is 2. The van der Waals surface area contributed by atoms with Gasteiger partial charge in [0.1, 0.15) is 0 Å². The average molecular weight is 641 g/mol. The lowest BCUT2D eigenvalue weighted by Gasteiger charge is -2.36. The Bertz CT molecular complexity index is 2600. The third kappa shape index (κ3) is 3.88. The summed E-state index contributed by atoms with van der Waals surface area (Å²) >= 11 is 0. The van der Waals surface area contributed by atoms with Crippen molar-refractivity contribution in [2.75, 3.05) is 0 Å². The summed E-state index contributed by atoms with van der Waals surface area (Å²) in [5.41, 5.74) is 11.2. The molecule has 230 valence electrons. The van der Waals surface area contributed by atoms with Gasteiger partial charge in [0, 0.05) is 33.1 Å². The summed E-state index contributed by atoms with van der Waals surface area (Å²) in [6, 6.07) is 71.9. The molecule has 3 heterocycles. The third-order valence-electron chi connectivity index (χ3n) is 10.4. The topological polar surface area (TPSA) is 9.86 Å². The normalized spacial score (nSPS) is 13.1. The molecule has 2 nitrogen and oxygen atoms in total. The average Bonchev–Trinajstić information content (AvgIpc) is 3.67. The molecule has 9 aromatic rings. The predicted molar refractivity (Wildman–Crippen MR) is 208 cm³/mol. The van der Waals surface area contributed by atoms with Crippen LogP contribution in [-0.4, -0.2) is 17.0 Å². The van der Waals surface area contributed by atoms with Crippen LogP contribution in [0.25, 0.3) is 61.1 Å². The highest BCUT2D eigenvalue weighted by atomic mass is 28.3. The van der Waals surface area contributed by atoms with E-state index in [2.05, 4.69) is 203 Å². The molecule has 0 radical (unpaired) electrons. The largest absolute Gasteiger partial charge is 0.353 e. The number of aromatic nitrogens is 2. The van der Waals surface area contributed by atoms with E-state index in [1.165, 1.54) is 76.7 Å². The second-order valence-electron chi connectivity index (χ2n) is 12.8. The molecule has 0 aliphatic carbocycles. The van der Waals surface area contributed by atoms with E-state index < -0.39 is 8.24 Å². The molecule has 1 aliphatic rings. The van der Waals surface area contributed by atoms with Crippen LogP contribution < -0.4 is 15.6 Å². The summed E-state index contributed by atoms with van der Waals surface area (Å²) in [6.45, 7) is 0. The Hall–Kier alpha value is -6.16. The minimum absolute atomic E-state index is 1.21. The first-order valence-electron chi connectivity index (χ1n) is 17.0. The number of fused-ring (bicyclic) bond motifs is 9. The van der Waals surface area contributed by atoms with Crippen LogP contribution in [-0.2, 0) is 0 Å². The predicted octanol–water partition coefficient (Wildman–Crippen LogP) is 9.41. The fourth-order valence-electron chi connectivity index (χ4n) is 8.51. The second-order valence-corrected chi connectivity index (χ2v) is 16.4. The number of para-hydroxylation sites is 3. The molecular formula is C46H32N2Si. The quantitative estimate of drug-likeness (QED) is 0.170. The van der Waals surface area contributed by atoms with E-state index in [0.717, 1.165) is 0 Å². The molecule has 3 heteroatoms. The lowest BCUT2D eigenvalue weighted by molar-refractivity contribution is 1.13. The van der Waals surface area contributed by atoms with Gasteiger partial charge in [0.15, 0.2) is 0 Å². The minimum Gasteiger partial charge on any atom is -0.353 e. The Balaban J connectivity index is 1.56. The van der Waals surface area contributed by atoms with E-state index in [9.17, 15) is 0 Å². The monoisotopic (exact) mass is 640 g/mol. The molecule has 0 unspecified atom stereocenters. The van der Waals surface area contributed by atoms with E-state index in [1.54, 1.807) is 0 Å². The van der Waals surface area contributed by atoms with Crippen molar-refractivity contribution in [3.63, 3.8) is 0 Å². The van der Waals surface area contributed by atoms with Crippen molar-refractivity contribution in [1.82, 2.24) is 8.80 Å². The van der Waals surface area contributed by atoms with Gasteiger partial charge in [-0.1, -0.05) is 176 Å². The summed E-state index contributed by atoms with van der Waals surface area (Å²) < 4.78 is 5.41. The maximum absolute atomic E-state index is 3.08. The van der Waals surface area contributed by atoms with E-state index in [-0.39, 0.29) is 0 Å². The first-order chi connectivity index (χ1) is 24.4. The second kappa shape index (κ2) is 10.9. The van der Waals surface area contributed by atoms with Crippen LogP contribution >= 0.6 is 0 Å². The van der Waals surface area contributed by atoms with Crippen LogP contribution in [0.15, 0.2) is 194 Å². The molecule has 0 saturated carbocycles. The summed E-state index contributed by atoms with van der Waals surface area (Å²) in [4.78, 5) is 0. The highest BCUT2D eigenvalue weighted by Crippen LogP contribution is 2.50. The molecule has 1 aliphatic heterocycles. The molecular weight excluding hydrogens is 609 g/mol. The van der Waals surface area contributed by atoms with E-state index in [1.807, 2.05) is 0 Å². The highest BCUT2D eigenvalue weighted by molar-refractivity contribution is 7.11. The van der Waals surface area contributed by atoms with Gasteiger partial charge in [0.2, 0.25) is 0 Å². The maximum atomic E-state index is 2.82. The van der Waals surface area contributed by atoms with E-state index in [0.29, 0.717) is 0 Å². The van der Waals surface area contributed by atoms with Gasteiger partial charge in [-0.05, 0) is 44.9 Å². The smallest absolute Gasteiger partial charge is 0.259 e. The Morgan fingerprint density at radius 3 is 1.37 bits per heavy atom. The van der Waals surface area contributed by atoms with Crippen LogP contribution in [0.3, 0.4) is 0 Å². The van der Waals surface area contributed by atoms with Gasteiger partial charge in [0.25, 0.3) is 8.24 Å². The van der Waals surface area contributed by atoms with Crippen molar-refractivity contribution in [2.24, 2.45) is 0 Å². The standard InChI is InChI=1S/C46H32N2Si/c1-5-19-33(20-6-1)43-37-27-13-15-29-39(37)47-41-31-17-18-32-42(41)49(35-23-9-3-10-24-35,36-25-11-4-12-26-36)48-40-30-16-14-28-38(40)44(46(48)45(43)47)34-21-7-2-8-22-34/h1-32H. The molecule has 49 heavy (non-hydrogen) atoms. The molecule has 10 rings (SSSR count). The van der Waals surface area contributed by atoms with Gasteiger partial charge >= 0.3 is 0 Å². The summed E-state index contributed by atoms with van der Waals surface area (Å²) in [6.07, 6.45) is 0. The molecule has 2 aromatic heterocycles. The van der Waals surface area contributed by atoms with Gasteiger partial charge in [-0.3, -0.25) is 0 Å². The van der Waals surface area contributed by atoms with Crippen LogP contribution in [0.2, 0.25) is 0 Å². The van der Waals surface area contributed by atoms with Crippen molar-refractivity contribution >= 4 is 45.6 Å². The van der Waals surface area contributed by atoms with Gasteiger partial charge in [-0.2, -0.15) is 0 Å². The van der Waals surface area contributed by atoms with Crippen LogP contribution in [0, 0.1) is 0 Å². The van der Waals surface area contributed by atoms with Gasteiger partial charge < -0.3 is 8.80 Å². The summed E-state index contributed by atoms with van der Waals surface area (Å²) in [5.74, 6) is 0. The van der Waals surface area contributed by atoms with Crippen LogP contribution in [0.4, 0.5) is 0 Å². The Morgan fingerprint density at radius 1 is 0.347 bits per heavy atom. The van der Waals surface area contributed by atoms with Gasteiger partial charge in [0.05, 0.1) is 16.9 Å². The molecule has 0 N–H and O–H groups in total. The molecule has 0 spiro atoms. The molecule has 0 bridgehead atoms. The minimum atomic E-state index is -3.08. The van der Waals surface area contributed by atoms with Gasteiger partial charge in [-0.25, -0.2) is 0 Å². The maximum Gasteiger partial charge on any atom is 0.259 e. The molecule has 0 saturated heterocycles. The van der Waals surface area contributed by atoms with Crippen molar-refractivity contribution in [3.05, 3.63) is 194 Å². The van der Waals surface area contributed by atoms with Crippen molar-refractivity contribution < 1.29 is 0 Å². The van der Waals surface area contributed by atoms with Crippen molar-refractivity contribution in [2.45, 2.75) is 0 Å². The Kier molecular flexibility index (Phi) is 6.23. The Labute approximate surface area is 286 Å². The fourth-order valence-corrected chi connectivity index (χ4v) is 13.6. The first kappa shape index (κ1) is 27.9. The molecule has 0 fully saturated rings. The zero-order chi connectivity index (χ0) is 32.4.